The number of fused-ring (bicyclic) bond motifs is 1. The van der Waals surface area contributed by atoms with E-state index in [0.717, 1.165) is 5.56 Å². The van der Waals surface area contributed by atoms with Crippen molar-refractivity contribution in [1.82, 2.24) is 40.3 Å². The highest BCUT2D eigenvalue weighted by atomic mass is 16.2. The number of hydrogen-bond acceptors (Lipinski definition) is 7. The lowest BCUT2D eigenvalue weighted by Crippen LogP contribution is -2.70. The van der Waals surface area contributed by atoms with Gasteiger partial charge in [-0.2, -0.15) is 0 Å². The van der Waals surface area contributed by atoms with Gasteiger partial charge in [-0.1, -0.05) is 11.3 Å². The minimum Gasteiger partial charge on any atom is -0.335 e. The van der Waals surface area contributed by atoms with Gasteiger partial charge in [0.05, 0.1) is 17.4 Å². The van der Waals surface area contributed by atoms with Crippen molar-refractivity contribution in [2.45, 2.75) is 31.0 Å². The van der Waals surface area contributed by atoms with Gasteiger partial charge in [0.2, 0.25) is 11.8 Å². The lowest BCUT2D eigenvalue weighted by molar-refractivity contribution is -0.136. The van der Waals surface area contributed by atoms with Crippen LogP contribution in [0.2, 0.25) is 0 Å². The fourth-order valence-electron chi connectivity index (χ4n) is 5.16. The Balaban J connectivity index is 1.17. The van der Waals surface area contributed by atoms with Crippen LogP contribution in [0, 0.1) is 0 Å². The van der Waals surface area contributed by atoms with Crippen molar-refractivity contribution in [2.75, 3.05) is 26.7 Å². The van der Waals surface area contributed by atoms with E-state index >= 15 is 0 Å². The maximum atomic E-state index is 13.1. The molecule has 1 aromatic carbocycles. The zero-order valence-electron chi connectivity index (χ0n) is 18.9. The number of likely N-dealkylation sites (N-methyl/N-ethyl adjacent to an activating group) is 1. The molecule has 1 unspecified atom stereocenters. The number of rotatable bonds is 3. The third-order valence-corrected chi connectivity index (χ3v) is 7.33. The first-order valence-corrected chi connectivity index (χ1v) is 11.3. The quantitative estimate of drug-likeness (QED) is 0.531. The molecule has 0 bridgehead atoms. The molecule has 180 valence electrons. The molecule has 13 heteroatoms. The number of hydrogen-bond donors (Lipinski definition) is 2. The summed E-state index contributed by atoms with van der Waals surface area (Å²) < 4.78 is 1.43. The summed E-state index contributed by atoms with van der Waals surface area (Å²) in [7, 11) is 1.72. The number of urea groups is 1. The van der Waals surface area contributed by atoms with E-state index in [1.165, 1.54) is 15.8 Å². The highest BCUT2D eigenvalue weighted by Gasteiger charge is 2.53. The van der Waals surface area contributed by atoms with Gasteiger partial charge in [-0.25, -0.2) is 9.48 Å². The Hall–Kier alpha value is -4.29. The van der Waals surface area contributed by atoms with Crippen LogP contribution in [0.1, 0.15) is 39.3 Å². The van der Waals surface area contributed by atoms with Crippen molar-refractivity contribution in [3.63, 3.8) is 0 Å². The summed E-state index contributed by atoms with van der Waals surface area (Å²) in [4.78, 5) is 66.1. The summed E-state index contributed by atoms with van der Waals surface area (Å²) in [5, 5.41) is 13.1. The standard InChI is InChI=1S/C22H22N8O5/c1-27-21(35)23-9-22(27)10-28(11-22)20(34)15-8-30(26-25-15)13-3-2-12-7-29(19(33)14(12)6-13)16-4-5-17(31)24-18(16)32/h2-3,6,8,16H,4-5,7,9-11H2,1H3,(H,23,35)(H,24,31,32). The number of nitrogens with one attached hydrogen (secondary N) is 2. The topological polar surface area (TPSA) is 150 Å². The van der Waals surface area contributed by atoms with E-state index in [2.05, 4.69) is 20.9 Å². The largest absolute Gasteiger partial charge is 0.335 e. The molecule has 0 saturated carbocycles. The molecule has 0 radical (unpaired) electrons. The monoisotopic (exact) mass is 478 g/mol. The molecule has 35 heavy (non-hydrogen) atoms. The van der Waals surface area contributed by atoms with Gasteiger partial charge in [0.15, 0.2) is 5.69 Å². The van der Waals surface area contributed by atoms with Crippen LogP contribution in [-0.4, -0.2) is 97.6 Å². The van der Waals surface area contributed by atoms with Gasteiger partial charge in [0.1, 0.15) is 6.04 Å². The van der Waals surface area contributed by atoms with Gasteiger partial charge < -0.3 is 20.0 Å². The number of amides is 6. The van der Waals surface area contributed by atoms with Gasteiger partial charge in [-0.15, -0.1) is 5.10 Å². The highest BCUT2D eigenvalue weighted by molar-refractivity contribution is 6.05. The molecule has 2 N–H and O–H groups in total. The smallest absolute Gasteiger partial charge is 0.317 e. The van der Waals surface area contributed by atoms with E-state index in [9.17, 15) is 24.0 Å². The molecule has 4 aliphatic rings. The van der Waals surface area contributed by atoms with Gasteiger partial charge >= 0.3 is 6.03 Å². The Labute approximate surface area is 199 Å². The summed E-state index contributed by atoms with van der Waals surface area (Å²) in [6.07, 6.45) is 2.00. The Morgan fingerprint density at radius 3 is 2.69 bits per heavy atom. The minimum absolute atomic E-state index is 0.148. The Morgan fingerprint density at radius 2 is 1.97 bits per heavy atom. The lowest BCUT2D eigenvalue weighted by Gasteiger charge is -2.50. The Kier molecular flexibility index (Phi) is 4.47. The van der Waals surface area contributed by atoms with Crippen LogP contribution in [-0.2, 0) is 16.1 Å². The van der Waals surface area contributed by atoms with Crippen molar-refractivity contribution in [3.05, 3.63) is 41.2 Å². The number of benzene rings is 1. The maximum absolute atomic E-state index is 13.1. The Morgan fingerprint density at radius 1 is 1.17 bits per heavy atom. The summed E-state index contributed by atoms with van der Waals surface area (Å²) >= 11 is 0. The van der Waals surface area contributed by atoms with E-state index in [1.54, 1.807) is 35.0 Å². The van der Waals surface area contributed by atoms with Gasteiger partial charge in [0, 0.05) is 45.2 Å². The van der Waals surface area contributed by atoms with Crippen molar-refractivity contribution >= 4 is 29.7 Å². The average molecular weight is 478 g/mol. The second-order valence-electron chi connectivity index (χ2n) is 9.39. The average Bonchev–Trinajstić information content (AvgIpc) is 3.50. The highest BCUT2D eigenvalue weighted by Crippen LogP contribution is 2.31. The first-order chi connectivity index (χ1) is 16.8. The first-order valence-electron chi connectivity index (χ1n) is 11.3. The second-order valence-corrected chi connectivity index (χ2v) is 9.39. The SMILES string of the molecule is CN1C(=O)NCC12CN(C(=O)c1cn(-c3ccc4c(c3)C(=O)N(C3CCC(=O)NC3=O)C4)nn1)C2. The first kappa shape index (κ1) is 21.3. The van der Waals surface area contributed by atoms with Crippen LogP contribution >= 0.6 is 0 Å². The molecular formula is C22H22N8O5. The fourth-order valence-corrected chi connectivity index (χ4v) is 5.16. The van der Waals surface area contributed by atoms with Crippen molar-refractivity contribution in [2.24, 2.45) is 0 Å². The third kappa shape index (κ3) is 3.18. The molecule has 2 aromatic rings. The lowest BCUT2D eigenvalue weighted by atomic mass is 9.89. The molecule has 6 rings (SSSR count). The number of nitrogens with zero attached hydrogens (tertiary/aromatic N) is 6. The van der Waals surface area contributed by atoms with Crippen LogP contribution in [0.15, 0.2) is 24.4 Å². The summed E-state index contributed by atoms with van der Waals surface area (Å²) in [5.41, 5.74) is 1.56. The van der Waals surface area contributed by atoms with E-state index in [-0.39, 0.29) is 48.0 Å². The summed E-state index contributed by atoms with van der Waals surface area (Å²) in [6.45, 7) is 1.61. The number of aromatic nitrogens is 3. The molecule has 13 nitrogen and oxygen atoms in total. The zero-order valence-corrected chi connectivity index (χ0v) is 18.9. The van der Waals surface area contributed by atoms with E-state index < -0.39 is 11.9 Å². The molecule has 0 aliphatic carbocycles. The predicted octanol–water partition coefficient (Wildman–Crippen LogP) is -1.12. The van der Waals surface area contributed by atoms with Crippen LogP contribution in [0.3, 0.4) is 0 Å². The molecule has 1 spiro atoms. The molecule has 5 heterocycles. The number of carbonyl (C=O) groups is 5. The molecule has 3 saturated heterocycles. The normalized spacial score (nSPS) is 22.9. The van der Waals surface area contributed by atoms with Crippen molar-refractivity contribution < 1.29 is 24.0 Å². The van der Waals surface area contributed by atoms with Crippen LogP contribution in [0.4, 0.5) is 4.79 Å². The number of carbonyl (C=O) groups excluding carboxylic acids is 5. The Bertz CT molecular complexity index is 1310. The number of likely N-dealkylation sites (tertiary alicyclic amines) is 1. The van der Waals surface area contributed by atoms with Gasteiger partial charge in [-0.05, 0) is 24.1 Å². The summed E-state index contributed by atoms with van der Waals surface area (Å²) in [5.74, 6) is -1.36. The second kappa shape index (κ2) is 7.35. The minimum atomic E-state index is -0.684. The molecule has 1 aromatic heterocycles. The molecule has 1 atom stereocenters. The van der Waals surface area contributed by atoms with Crippen LogP contribution in [0.25, 0.3) is 5.69 Å². The van der Waals surface area contributed by atoms with Crippen molar-refractivity contribution in [1.29, 1.82) is 0 Å². The summed E-state index contributed by atoms with van der Waals surface area (Å²) in [6, 6.07) is 4.39. The molecule has 6 amide bonds. The van der Waals surface area contributed by atoms with E-state index in [1.807, 2.05) is 0 Å². The van der Waals surface area contributed by atoms with E-state index in [4.69, 9.17) is 0 Å². The molecule has 3 fully saturated rings. The molecule has 4 aliphatic heterocycles. The van der Waals surface area contributed by atoms with Gasteiger partial charge in [0.25, 0.3) is 11.8 Å². The third-order valence-electron chi connectivity index (χ3n) is 7.33. The number of piperidine rings is 1. The predicted molar refractivity (Wildman–Crippen MR) is 117 cm³/mol. The fraction of sp³-hybridized carbons (Fsp3) is 0.409. The van der Waals surface area contributed by atoms with Crippen LogP contribution < -0.4 is 10.6 Å². The number of imide groups is 1. The zero-order chi connectivity index (χ0) is 24.5. The maximum Gasteiger partial charge on any atom is 0.317 e. The van der Waals surface area contributed by atoms with Gasteiger partial charge in [-0.3, -0.25) is 24.5 Å². The van der Waals surface area contributed by atoms with Crippen LogP contribution in [0.5, 0.6) is 0 Å². The van der Waals surface area contributed by atoms with E-state index in [0.29, 0.717) is 37.3 Å². The molecular weight excluding hydrogens is 456 g/mol. The van der Waals surface area contributed by atoms with Crippen molar-refractivity contribution in [3.8, 4) is 5.69 Å².